The zero-order chi connectivity index (χ0) is 19.7. The quantitative estimate of drug-likeness (QED) is 0.569. The molecule has 0 spiro atoms. The van der Waals surface area contributed by atoms with Gasteiger partial charge in [0.1, 0.15) is 11.5 Å². The highest BCUT2D eigenvalue weighted by Crippen LogP contribution is 2.32. The predicted octanol–water partition coefficient (Wildman–Crippen LogP) is 3.63. The van der Waals surface area contributed by atoms with Gasteiger partial charge in [0.05, 0.1) is 14.2 Å². The van der Waals surface area contributed by atoms with Crippen LogP contribution in [0.15, 0.2) is 43.9 Å². The third kappa shape index (κ3) is 3.62. The number of methoxy groups -OCH3 is 2. The van der Waals surface area contributed by atoms with Gasteiger partial charge >= 0.3 is 0 Å². The maximum Gasteiger partial charge on any atom is 0.293 e. The number of rotatable bonds is 6. The van der Waals surface area contributed by atoms with Crippen molar-refractivity contribution in [3.05, 3.63) is 46.4 Å². The summed E-state index contributed by atoms with van der Waals surface area (Å²) in [5, 5.41) is 4.03. The monoisotopic (exact) mass is 447 g/mol. The Morgan fingerprint density at radius 2 is 2.11 bits per heavy atom. The summed E-state index contributed by atoms with van der Waals surface area (Å²) in [6.45, 7) is 0.952. The number of carbonyl (C=O) groups excluding carboxylic acids is 1. The highest BCUT2D eigenvalue weighted by molar-refractivity contribution is 9.10. The highest BCUT2D eigenvalue weighted by Gasteiger charge is 2.34. The van der Waals surface area contributed by atoms with Crippen LogP contribution in [0, 0.1) is 0 Å². The van der Waals surface area contributed by atoms with Crippen LogP contribution in [0.2, 0.25) is 0 Å². The lowest BCUT2D eigenvalue weighted by Crippen LogP contribution is -2.24. The van der Waals surface area contributed by atoms with Crippen molar-refractivity contribution in [2.24, 2.45) is 0 Å². The molecule has 1 fully saturated rings. The van der Waals surface area contributed by atoms with Crippen molar-refractivity contribution < 1.29 is 23.2 Å². The second kappa shape index (κ2) is 7.67. The minimum Gasteiger partial charge on any atom is -0.497 e. The average molecular weight is 448 g/mol. The van der Waals surface area contributed by atoms with Gasteiger partial charge in [-0.3, -0.25) is 4.79 Å². The van der Waals surface area contributed by atoms with Crippen molar-refractivity contribution in [2.75, 3.05) is 20.8 Å². The second-order valence-electron chi connectivity index (χ2n) is 6.41. The predicted molar refractivity (Wildman–Crippen MR) is 102 cm³/mol. The summed E-state index contributed by atoms with van der Waals surface area (Å²) in [5.74, 6) is 2.57. The summed E-state index contributed by atoms with van der Waals surface area (Å²) in [6, 6.07) is 9.05. The van der Waals surface area contributed by atoms with Crippen LogP contribution in [0.1, 0.15) is 23.7 Å². The molecule has 1 atom stereocenters. The van der Waals surface area contributed by atoms with Crippen molar-refractivity contribution in [3.8, 4) is 23.1 Å². The van der Waals surface area contributed by atoms with E-state index in [1.165, 1.54) is 0 Å². The van der Waals surface area contributed by atoms with Gasteiger partial charge in [-0.1, -0.05) is 5.16 Å². The third-order valence-electron chi connectivity index (χ3n) is 4.66. The van der Waals surface area contributed by atoms with E-state index < -0.39 is 0 Å². The van der Waals surface area contributed by atoms with Crippen molar-refractivity contribution in [1.82, 2.24) is 15.0 Å². The number of likely N-dealkylation sites (tertiary alicyclic amines) is 1. The first-order chi connectivity index (χ1) is 13.6. The molecule has 0 N–H and O–H groups in total. The molecule has 9 heteroatoms. The molecule has 1 amide bonds. The maximum absolute atomic E-state index is 12.5. The Hall–Kier alpha value is -2.81. The van der Waals surface area contributed by atoms with Crippen LogP contribution < -0.4 is 9.47 Å². The summed E-state index contributed by atoms with van der Waals surface area (Å²) in [5.41, 5.74) is 0.909. The lowest BCUT2D eigenvalue weighted by atomic mass is 10.1. The van der Waals surface area contributed by atoms with Gasteiger partial charge in [-0.2, -0.15) is 4.98 Å². The van der Waals surface area contributed by atoms with Crippen molar-refractivity contribution in [1.29, 1.82) is 0 Å². The lowest BCUT2D eigenvalue weighted by Gasteiger charge is -2.18. The van der Waals surface area contributed by atoms with E-state index in [9.17, 15) is 4.79 Å². The molecule has 1 unspecified atom stereocenters. The number of ether oxygens (including phenoxy) is 2. The van der Waals surface area contributed by atoms with Crippen LogP contribution >= 0.6 is 15.9 Å². The summed E-state index contributed by atoms with van der Waals surface area (Å²) < 4.78 is 21.9. The minimum absolute atomic E-state index is 0.0370. The third-order valence-corrected chi connectivity index (χ3v) is 5.09. The Bertz CT molecular complexity index is 999. The SMILES string of the molecule is COc1ccc(CN2CC(c3noc(-c4ccc(Br)o4)n3)CC2=O)c(OC)c1. The fourth-order valence-electron chi connectivity index (χ4n) is 3.22. The first kappa shape index (κ1) is 18.5. The van der Waals surface area contributed by atoms with Crippen LogP contribution in [0.4, 0.5) is 0 Å². The average Bonchev–Trinajstić information content (AvgIpc) is 3.42. The van der Waals surface area contributed by atoms with Gasteiger partial charge in [0.25, 0.3) is 5.89 Å². The minimum atomic E-state index is -0.132. The standard InChI is InChI=1S/C19H18BrN3O5/c1-25-13-4-3-11(15(8-13)26-2)9-23-10-12(7-17(23)24)18-21-19(28-22-18)14-5-6-16(20)27-14/h3-6,8,12H,7,9-10H2,1-2H3. The van der Waals surface area contributed by atoms with Gasteiger partial charge in [0, 0.05) is 37.1 Å². The lowest BCUT2D eigenvalue weighted by molar-refractivity contribution is -0.128. The highest BCUT2D eigenvalue weighted by atomic mass is 79.9. The number of benzene rings is 1. The number of aromatic nitrogens is 2. The summed E-state index contributed by atoms with van der Waals surface area (Å²) in [7, 11) is 3.20. The number of furan rings is 1. The number of hydrogen-bond donors (Lipinski definition) is 0. The molecule has 1 aliphatic heterocycles. The largest absolute Gasteiger partial charge is 0.497 e. The number of carbonyl (C=O) groups is 1. The number of nitrogens with zero attached hydrogens (tertiary/aromatic N) is 3. The molecule has 2 aromatic heterocycles. The molecule has 4 rings (SSSR count). The first-order valence-corrected chi connectivity index (χ1v) is 9.44. The topological polar surface area (TPSA) is 90.8 Å². The first-order valence-electron chi connectivity index (χ1n) is 8.65. The van der Waals surface area contributed by atoms with Gasteiger partial charge < -0.3 is 23.3 Å². The zero-order valence-electron chi connectivity index (χ0n) is 15.3. The van der Waals surface area contributed by atoms with E-state index in [0.717, 1.165) is 5.56 Å². The van der Waals surface area contributed by atoms with Crippen LogP contribution in [0.25, 0.3) is 11.7 Å². The van der Waals surface area contributed by atoms with E-state index in [4.69, 9.17) is 18.4 Å². The van der Waals surface area contributed by atoms with Crippen molar-refractivity contribution in [3.63, 3.8) is 0 Å². The van der Waals surface area contributed by atoms with Gasteiger partial charge in [0.2, 0.25) is 5.91 Å². The summed E-state index contributed by atoms with van der Waals surface area (Å²) in [6.07, 6.45) is 0.333. The van der Waals surface area contributed by atoms with E-state index in [1.807, 2.05) is 12.1 Å². The fourth-order valence-corrected chi connectivity index (χ4v) is 3.52. The number of hydrogen-bond acceptors (Lipinski definition) is 7. The van der Waals surface area contributed by atoms with Gasteiger partial charge in [0.15, 0.2) is 16.3 Å². The van der Waals surface area contributed by atoms with E-state index in [2.05, 4.69) is 26.1 Å². The molecule has 0 saturated carbocycles. The number of amides is 1. The molecule has 8 nitrogen and oxygen atoms in total. The normalized spacial score (nSPS) is 16.6. The van der Waals surface area contributed by atoms with Crippen LogP contribution in [0.5, 0.6) is 11.5 Å². The molecule has 1 saturated heterocycles. The molecule has 1 aromatic carbocycles. The Balaban J connectivity index is 1.48. The van der Waals surface area contributed by atoms with Crippen LogP contribution in [-0.2, 0) is 11.3 Å². The Morgan fingerprint density at radius 1 is 1.25 bits per heavy atom. The zero-order valence-corrected chi connectivity index (χ0v) is 16.9. The fraction of sp³-hybridized carbons (Fsp3) is 0.316. The van der Waals surface area contributed by atoms with Gasteiger partial charge in [-0.15, -0.1) is 0 Å². The van der Waals surface area contributed by atoms with Gasteiger partial charge in [-0.25, -0.2) is 0 Å². The van der Waals surface area contributed by atoms with E-state index in [0.29, 0.717) is 53.2 Å². The number of halogens is 1. The van der Waals surface area contributed by atoms with E-state index >= 15 is 0 Å². The smallest absolute Gasteiger partial charge is 0.293 e. The maximum atomic E-state index is 12.5. The van der Waals surface area contributed by atoms with Crippen molar-refractivity contribution in [2.45, 2.75) is 18.9 Å². The molecular weight excluding hydrogens is 430 g/mol. The molecule has 0 radical (unpaired) electrons. The molecule has 3 aromatic rings. The second-order valence-corrected chi connectivity index (χ2v) is 7.20. The Kier molecular flexibility index (Phi) is 5.08. The molecule has 0 bridgehead atoms. The van der Waals surface area contributed by atoms with Crippen molar-refractivity contribution >= 4 is 21.8 Å². The van der Waals surface area contributed by atoms with Crippen LogP contribution in [-0.4, -0.2) is 41.7 Å². The molecule has 146 valence electrons. The van der Waals surface area contributed by atoms with Crippen LogP contribution in [0.3, 0.4) is 0 Å². The molecular formula is C19H18BrN3O5. The Morgan fingerprint density at radius 3 is 2.82 bits per heavy atom. The molecule has 1 aliphatic rings. The summed E-state index contributed by atoms with van der Waals surface area (Å²) in [4.78, 5) is 18.7. The molecule has 0 aliphatic carbocycles. The molecule has 3 heterocycles. The van der Waals surface area contributed by atoms with Gasteiger partial charge in [-0.05, 0) is 40.2 Å². The Labute approximate surface area is 169 Å². The van der Waals surface area contributed by atoms with E-state index in [-0.39, 0.29) is 11.8 Å². The molecule has 28 heavy (non-hydrogen) atoms. The summed E-state index contributed by atoms with van der Waals surface area (Å²) >= 11 is 3.24. The van der Waals surface area contributed by atoms with E-state index in [1.54, 1.807) is 37.3 Å².